The van der Waals surface area contributed by atoms with E-state index < -0.39 is 0 Å². The van der Waals surface area contributed by atoms with Crippen LogP contribution in [-0.4, -0.2) is 13.1 Å². The molecule has 1 atom stereocenters. The van der Waals surface area contributed by atoms with Gasteiger partial charge in [0.1, 0.15) is 0 Å². The Labute approximate surface area is 125 Å². The van der Waals surface area contributed by atoms with Crippen molar-refractivity contribution in [1.29, 1.82) is 0 Å². The number of benzene rings is 1. The summed E-state index contributed by atoms with van der Waals surface area (Å²) in [6, 6.07) is 7.24. The monoisotopic (exact) mass is 273 g/mol. The van der Waals surface area contributed by atoms with Gasteiger partial charge in [0.05, 0.1) is 0 Å². The number of fused-ring (bicyclic) bond motifs is 1. The van der Waals surface area contributed by atoms with Crippen molar-refractivity contribution >= 4 is 0 Å². The predicted molar refractivity (Wildman–Crippen MR) is 88.3 cm³/mol. The van der Waals surface area contributed by atoms with Crippen LogP contribution in [0.2, 0.25) is 0 Å². The second kappa shape index (κ2) is 8.46. The number of hydrogen-bond acceptors (Lipinski definition) is 1. The van der Waals surface area contributed by atoms with Gasteiger partial charge in [0, 0.05) is 0 Å². The molecular formula is C19H31N. The summed E-state index contributed by atoms with van der Waals surface area (Å²) in [6.45, 7) is 6.97. The zero-order chi connectivity index (χ0) is 14.2. The van der Waals surface area contributed by atoms with Gasteiger partial charge in [0.15, 0.2) is 0 Å². The maximum absolute atomic E-state index is 3.51. The quantitative estimate of drug-likeness (QED) is 0.686. The van der Waals surface area contributed by atoms with Gasteiger partial charge in [-0.05, 0) is 87.1 Å². The van der Waals surface area contributed by atoms with Crippen LogP contribution in [0.4, 0.5) is 0 Å². The van der Waals surface area contributed by atoms with Crippen LogP contribution in [-0.2, 0) is 19.3 Å². The van der Waals surface area contributed by atoms with E-state index >= 15 is 0 Å². The molecule has 112 valence electrons. The minimum Gasteiger partial charge on any atom is -0.317 e. The molecular weight excluding hydrogens is 242 g/mol. The van der Waals surface area contributed by atoms with E-state index in [0.717, 1.165) is 12.5 Å². The molecule has 1 nitrogen and oxygen atoms in total. The summed E-state index contributed by atoms with van der Waals surface area (Å²) in [5.74, 6) is 0.829. The topological polar surface area (TPSA) is 12.0 Å². The zero-order valence-electron chi connectivity index (χ0n) is 13.4. The van der Waals surface area contributed by atoms with Gasteiger partial charge < -0.3 is 5.32 Å². The van der Waals surface area contributed by atoms with Gasteiger partial charge in [0.2, 0.25) is 0 Å². The average Bonchev–Trinajstić information content (AvgIpc) is 2.49. The van der Waals surface area contributed by atoms with Gasteiger partial charge in [-0.1, -0.05) is 32.0 Å². The van der Waals surface area contributed by atoms with Crippen molar-refractivity contribution < 1.29 is 0 Å². The summed E-state index contributed by atoms with van der Waals surface area (Å²) in [5, 5.41) is 3.51. The van der Waals surface area contributed by atoms with Crippen molar-refractivity contribution in [3.8, 4) is 0 Å². The van der Waals surface area contributed by atoms with Crippen molar-refractivity contribution in [3.05, 3.63) is 34.9 Å². The molecule has 0 radical (unpaired) electrons. The van der Waals surface area contributed by atoms with Crippen LogP contribution in [0.1, 0.15) is 62.6 Å². The fraction of sp³-hybridized carbons (Fsp3) is 0.684. The van der Waals surface area contributed by atoms with E-state index in [1.165, 1.54) is 57.9 Å². The van der Waals surface area contributed by atoms with E-state index in [1.54, 1.807) is 16.7 Å². The van der Waals surface area contributed by atoms with Gasteiger partial charge in [-0.15, -0.1) is 0 Å². The highest BCUT2D eigenvalue weighted by atomic mass is 14.8. The second-order valence-corrected chi connectivity index (χ2v) is 6.49. The Balaban J connectivity index is 1.73. The third kappa shape index (κ3) is 4.94. The molecule has 0 aromatic heterocycles. The van der Waals surface area contributed by atoms with E-state index in [9.17, 15) is 0 Å². The molecule has 0 amide bonds. The van der Waals surface area contributed by atoms with Crippen LogP contribution < -0.4 is 5.32 Å². The molecule has 1 aliphatic carbocycles. The van der Waals surface area contributed by atoms with Crippen molar-refractivity contribution in [1.82, 2.24) is 5.32 Å². The van der Waals surface area contributed by atoms with Gasteiger partial charge in [-0.25, -0.2) is 0 Å². The summed E-state index contributed by atoms with van der Waals surface area (Å²) >= 11 is 0. The number of aryl methyl sites for hydroxylation is 3. The molecule has 1 aliphatic rings. The molecule has 1 N–H and O–H groups in total. The molecule has 20 heavy (non-hydrogen) atoms. The fourth-order valence-electron chi connectivity index (χ4n) is 3.15. The highest BCUT2D eigenvalue weighted by Gasteiger charge is 2.10. The van der Waals surface area contributed by atoms with Crippen molar-refractivity contribution in [2.75, 3.05) is 13.1 Å². The van der Waals surface area contributed by atoms with Crippen LogP contribution in [0.15, 0.2) is 18.2 Å². The molecule has 2 rings (SSSR count). The molecule has 1 unspecified atom stereocenters. The lowest BCUT2D eigenvalue weighted by atomic mass is 9.89. The van der Waals surface area contributed by atoms with E-state index in [1.807, 2.05) is 0 Å². The predicted octanol–water partition coefficient (Wildman–Crippen LogP) is 4.52. The summed E-state index contributed by atoms with van der Waals surface area (Å²) in [7, 11) is 0. The molecule has 0 heterocycles. The first-order valence-electron chi connectivity index (χ1n) is 8.61. The Morgan fingerprint density at radius 2 is 1.85 bits per heavy atom. The summed E-state index contributed by atoms with van der Waals surface area (Å²) in [5.41, 5.74) is 4.79. The first kappa shape index (κ1) is 15.6. The largest absolute Gasteiger partial charge is 0.317 e. The molecule has 0 aliphatic heterocycles. The normalized spacial score (nSPS) is 15.9. The highest BCUT2D eigenvalue weighted by molar-refractivity contribution is 5.33. The third-order valence-corrected chi connectivity index (χ3v) is 4.58. The van der Waals surface area contributed by atoms with E-state index in [-0.39, 0.29) is 0 Å². The molecule has 1 aromatic rings. The van der Waals surface area contributed by atoms with Crippen LogP contribution in [0.5, 0.6) is 0 Å². The van der Waals surface area contributed by atoms with Crippen molar-refractivity contribution in [3.63, 3.8) is 0 Å². The van der Waals surface area contributed by atoms with Gasteiger partial charge in [-0.3, -0.25) is 0 Å². The first-order valence-corrected chi connectivity index (χ1v) is 8.61. The van der Waals surface area contributed by atoms with Crippen LogP contribution in [0.25, 0.3) is 0 Å². The molecule has 0 bridgehead atoms. The van der Waals surface area contributed by atoms with Crippen LogP contribution in [0, 0.1) is 5.92 Å². The minimum atomic E-state index is 0.829. The average molecular weight is 273 g/mol. The Morgan fingerprint density at radius 3 is 2.65 bits per heavy atom. The lowest BCUT2D eigenvalue weighted by molar-refractivity contribution is 0.470. The Bertz CT molecular complexity index is 397. The van der Waals surface area contributed by atoms with E-state index in [2.05, 4.69) is 37.4 Å². The smallest absolute Gasteiger partial charge is 0.00464 e. The highest BCUT2D eigenvalue weighted by Crippen LogP contribution is 2.23. The zero-order valence-corrected chi connectivity index (χ0v) is 13.4. The summed E-state index contributed by atoms with van der Waals surface area (Å²) < 4.78 is 0. The number of nitrogens with one attached hydrogen (secondary N) is 1. The van der Waals surface area contributed by atoms with Gasteiger partial charge >= 0.3 is 0 Å². The Morgan fingerprint density at radius 1 is 1.05 bits per heavy atom. The molecule has 1 heteroatoms. The maximum Gasteiger partial charge on any atom is -0.00464 e. The van der Waals surface area contributed by atoms with Crippen LogP contribution >= 0.6 is 0 Å². The summed E-state index contributed by atoms with van der Waals surface area (Å²) in [6.07, 6.45) is 10.5. The molecule has 0 spiro atoms. The molecule has 1 aromatic carbocycles. The molecule has 0 fully saturated rings. The third-order valence-electron chi connectivity index (χ3n) is 4.58. The minimum absolute atomic E-state index is 0.829. The Hall–Kier alpha value is -0.820. The molecule has 0 saturated carbocycles. The molecule has 0 saturated heterocycles. The lowest BCUT2D eigenvalue weighted by Gasteiger charge is -2.17. The maximum atomic E-state index is 3.51. The lowest BCUT2D eigenvalue weighted by Crippen LogP contribution is -2.18. The number of rotatable bonds is 8. The van der Waals surface area contributed by atoms with E-state index in [0.29, 0.717) is 0 Å². The standard InChI is InChI=1S/C19H31N/c1-3-13-20-14-12-16(2)8-9-17-10-11-18-6-4-5-7-19(18)15-17/h10-11,15-16,20H,3-9,12-14H2,1-2H3. The fourth-order valence-corrected chi connectivity index (χ4v) is 3.15. The summed E-state index contributed by atoms with van der Waals surface area (Å²) in [4.78, 5) is 0. The van der Waals surface area contributed by atoms with Gasteiger partial charge in [-0.2, -0.15) is 0 Å². The SMILES string of the molecule is CCCNCCC(C)CCc1ccc2c(c1)CCCC2. The van der Waals surface area contributed by atoms with Crippen LogP contribution in [0.3, 0.4) is 0 Å². The van der Waals surface area contributed by atoms with Crippen molar-refractivity contribution in [2.45, 2.75) is 65.2 Å². The van der Waals surface area contributed by atoms with E-state index in [4.69, 9.17) is 0 Å². The number of hydrogen-bond donors (Lipinski definition) is 1. The Kier molecular flexibility index (Phi) is 6.59. The first-order chi connectivity index (χ1) is 9.79. The van der Waals surface area contributed by atoms with Gasteiger partial charge in [0.25, 0.3) is 0 Å². The second-order valence-electron chi connectivity index (χ2n) is 6.49. The van der Waals surface area contributed by atoms with Crippen molar-refractivity contribution in [2.24, 2.45) is 5.92 Å².